The maximum Gasteiger partial charge on any atom is 0.336 e. The van der Waals surface area contributed by atoms with Crippen molar-refractivity contribution in [3.8, 4) is 0 Å². The first kappa shape index (κ1) is 16.1. The Kier molecular flexibility index (Phi) is 4.76. The van der Waals surface area contributed by atoms with Crippen LogP contribution in [0.25, 0.3) is 11.0 Å². The van der Waals surface area contributed by atoms with E-state index in [1.807, 2.05) is 0 Å². The van der Waals surface area contributed by atoms with Crippen molar-refractivity contribution in [2.24, 2.45) is 0 Å². The van der Waals surface area contributed by atoms with Gasteiger partial charge in [-0.25, -0.2) is 17.9 Å². The summed E-state index contributed by atoms with van der Waals surface area (Å²) in [5.74, 6) is 0. The van der Waals surface area contributed by atoms with E-state index in [-0.39, 0.29) is 4.90 Å². The Morgan fingerprint density at radius 2 is 1.91 bits per heavy atom. The van der Waals surface area contributed by atoms with Gasteiger partial charge in [0.05, 0.1) is 18.1 Å². The molecule has 8 heteroatoms. The molecule has 1 aliphatic heterocycles. The summed E-state index contributed by atoms with van der Waals surface area (Å²) in [6.07, 6.45) is 0. The van der Waals surface area contributed by atoms with Crippen LogP contribution in [0, 0.1) is 0 Å². The quantitative estimate of drug-likeness (QED) is 0.794. The van der Waals surface area contributed by atoms with E-state index in [4.69, 9.17) is 9.15 Å². The normalized spacial score (nSPS) is 16.7. The van der Waals surface area contributed by atoms with Crippen molar-refractivity contribution in [2.45, 2.75) is 4.90 Å². The van der Waals surface area contributed by atoms with Gasteiger partial charge in [-0.1, -0.05) is 0 Å². The van der Waals surface area contributed by atoms with Gasteiger partial charge in [-0.3, -0.25) is 4.90 Å². The number of nitrogens with zero attached hydrogens (tertiary/aromatic N) is 1. The number of ether oxygens (including phenoxy) is 1. The highest BCUT2D eigenvalue weighted by Crippen LogP contribution is 2.17. The van der Waals surface area contributed by atoms with Gasteiger partial charge >= 0.3 is 5.63 Å². The average Bonchev–Trinajstić information content (AvgIpc) is 2.55. The van der Waals surface area contributed by atoms with Crippen LogP contribution in [0.2, 0.25) is 0 Å². The monoisotopic (exact) mass is 338 g/mol. The molecule has 2 heterocycles. The minimum Gasteiger partial charge on any atom is -0.423 e. The first-order valence-electron chi connectivity index (χ1n) is 7.38. The van der Waals surface area contributed by atoms with E-state index in [1.165, 1.54) is 24.3 Å². The molecule has 1 aromatic carbocycles. The number of sulfonamides is 1. The van der Waals surface area contributed by atoms with Gasteiger partial charge in [-0.2, -0.15) is 0 Å². The SMILES string of the molecule is O=c1ccc2cc(S(=O)(=O)NCCN3CCOCC3)ccc2o1. The molecule has 0 aliphatic carbocycles. The highest BCUT2D eigenvalue weighted by Gasteiger charge is 2.16. The molecule has 0 bridgehead atoms. The van der Waals surface area contributed by atoms with Crippen LogP contribution in [0.3, 0.4) is 0 Å². The molecule has 1 N–H and O–H groups in total. The van der Waals surface area contributed by atoms with Crippen molar-refractivity contribution in [1.82, 2.24) is 9.62 Å². The van der Waals surface area contributed by atoms with Crippen molar-refractivity contribution in [1.29, 1.82) is 0 Å². The average molecular weight is 338 g/mol. The molecule has 1 fully saturated rings. The second kappa shape index (κ2) is 6.79. The molecule has 1 saturated heterocycles. The number of hydrogen-bond donors (Lipinski definition) is 1. The summed E-state index contributed by atoms with van der Waals surface area (Å²) in [5.41, 5.74) is -0.0958. The molecule has 3 rings (SSSR count). The van der Waals surface area contributed by atoms with Crippen LogP contribution in [-0.4, -0.2) is 52.7 Å². The smallest absolute Gasteiger partial charge is 0.336 e. The number of rotatable bonds is 5. The number of morpholine rings is 1. The van der Waals surface area contributed by atoms with Crippen LogP contribution in [0.4, 0.5) is 0 Å². The largest absolute Gasteiger partial charge is 0.423 e. The zero-order chi connectivity index (χ0) is 16.3. The molecule has 0 amide bonds. The predicted octanol–water partition coefficient (Wildman–Crippen LogP) is 0.404. The molecule has 0 saturated carbocycles. The molecular weight excluding hydrogens is 320 g/mol. The van der Waals surface area contributed by atoms with Crippen LogP contribution >= 0.6 is 0 Å². The lowest BCUT2D eigenvalue weighted by Crippen LogP contribution is -2.41. The van der Waals surface area contributed by atoms with E-state index in [9.17, 15) is 13.2 Å². The molecule has 1 aromatic heterocycles. The van der Waals surface area contributed by atoms with Gasteiger partial charge in [-0.05, 0) is 24.3 Å². The van der Waals surface area contributed by atoms with Crippen molar-refractivity contribution < 1.29 is 17.6 Å². The van der Waals surface area contributed by atoms with E-state index >= 15 is 0 Å². The summed E-state index contributed by atoms with van der Waals surface area (Å²) in [5, 5.41) is 0.570. The van der Waals surface area contributed by atoms with Gasteiger partial charge in [0.15, 0.2) is 0 Å². The molecular formula is C15H18N2O5S. The molecule has 23 heavy (non-hydrogen) atoms. The van der Waals surface area contributed by atoms with Gasteiger partial charge in [0.2, 0.25) is 10.0 Å². The minimum atomic E-state index is -3.59. The van der Waals surface area contributed by atoms with Crippen molar-refractivity contribution in [3.05, 3.63) is 40.8 Å². The Labute approximate surface area is 133 Å². The van der Waals surface area contributed by atoms with E-state index in [0.717, 1.165) is 13.1 Å². The van der Waals surface area contributed by atoms with Crippen LogP contribution in [0.15, 0.2) is 44.4 Å². The molecule has 7 nitrogen and oxygen atoms in total. The number of fused-ring (bicyclic) bond motifs is 1. The van der Waals surface area contributed by atoms with Crippen molar-refractivity contribution >= 4 is 21.0 Å². The third-order valence-electron chi connectivity index (χ3n) is 3.72. The molecule has 1 aliphatic rings. The lowest BCUT2D eigenvalue weighted by atomic mass is 10.2. The molecule has 0 atom stereocenters. The summed E-state index contributed by atoms with van der Waals surface area (Å²) in [6, 6.07) is 7.24. The van der Waals surface area contributed by atoms with Crippen LogP contribution in [0.5, 0.6) is 0 Å². The maximum atomic E-state index is 12.3. The number of hydrogen-bond acceptors (Lipinski definition) is 6. The standard InChI is InChI=1S/C15H18N2O5S/c18-15-4-1-12-11-13(2-3-14(12)22-15)23(19,20)16-5-6-17-7-9-21-10-8-17/h1-4,11,16H,5-10H2. The van der Waals surface area contributed by atoms with E-state index in [0.29, 0.717) is 37.3 Å². The second-order valence-electron chi connectivity index (χ2n) is 5.31. The predicted molar refractivity (Wildman–Crippen MR) is 84.9 cm³/mol. The fraction of sp³-hybridized carbons (Fsp3) is 0.400. The van der Waals surface area contributed by atoms with E-state index in [1.54, 1.807) is 6.07 Å². The molecule has 124 valence electrons. The summed E-state index contributed by atoms with van der Waals surface area (Å²) in [4.78, 5) is 13.5. The van der Waals surface area contributed by atoms with Gasteiger partial charge in [0.25, 0.3) is 0 Å². The van der Waals surface area contributed by atoms with Crippen LogP contribution in [0.1, 0.15) is 0 Å². The molecule has 2 aromatic rings. The zero-order valence-electron chi connectivity index (χ0n) is 12.5. The summed E-state index contributed by atoms with van der Waals surface area (Å²) >= 11 is 0. The fourth-order valence-electron chi connectivity index (χ4n) is 2.46. The Morgan fingerprint density at radius 3 is 2.70 bits per heavy atom. The summed E-state index contributed by atoms with van der Waals surface area (Å²) in [7, 11) is -3.59. The van der Waals surface area contributed by atoms with E-state index in [2.05, 4.69) is 9.62 Å². The Hall–Kier alpha value is -1.74. The first-order chi connectivity index (χ1) is 11.0. The Morgan fingerprint density at radius 1 is 1.13 bits per heavy atom. The maximum absolute atomic E-state index is 12.3. The van der Waals surface area contributed by atoms with Gasteiger partial charge in [0, 0.05) is 37.6 Å². The summed E-state index contributed by atoms with van der Waals surface area (Å²) < 4.78 is 37.5. The van der Waals surface area contributed by atoms with Crippen LogP contribution in [-0.2, 0) is 14.8 Å². The van der Waals surface area contributed by atoms with Gasteiger partial charge in [0.1, 0.15) is 5.58 Å². The topological polar surface area (TPSA) is 88.9 Å². The number of nitrogens with one attached hydrogen (secondary N) is 1. The first-order valence-corrected chi connectivity index (χ1v) is 8.87. The Balaban J connectivity index is 1.69. The van der Waals surface area contributed by atoms with Gasteiger partial charge in [-0.15, -0.1) is 0 Å². The summed E-state index contributed by atoms with van der Waals surface area (Å²) in [6.45, 7) is 3.98. The molecule has 0 radical (unpaired) electrons. The lowest BCUT2D eigenvalue weighted by Gasteiger charge is -2.26. The second-order valence-corrected chi connectivity index (χ2v) is 7.07. The van der Waals surface area contributed by atoms with E-state index < -0.39 is 15.6 Å². The van der Waals surface area contributed by atoms with Crippen molar-refractivity contribution in [2.75, 3.05) is 39.4 Å². The molecule has 0 spiro atoms. The molecule has 0 unspecified atom stereocenters. The highest BCUT2D eigenvalue weighted by atomic mass is 32.2. The number of benzene rings is 1. The van der Waals surface area contributed by atoms with Crippen molar-refractivity contribution in [3.63, 3.8) is 0 Å². The zero-order valence-corrected chi connectivity index (χ0v) is 13.3. The lowest BCUT2D eigenvalue weighted by molar-refractivity contribution is 0.0390. The highest BCUT2D eigenvalue weighted by molar-refractivity contribution is 7.89. The van der Waals surface area contributed by atoms with Crippen LogP contribution < -0.4 is 10.3 Å². The van der Waals surface area contributed by atoms with Gasteiger partial charge < -0.3 is 9.15 Å². The fourth-order valence-corrected chi connectivity index (χ4v) is 3.52. The third-order valence-corrected chi connectivity index (χ3v) is 5.18. The minimum absolute atomic E-state index is 0.154. The third kappa shape index (κ3) is 3.97. The Bertz CT molecular complexity index is 840.